The van der Waals surface area contributed by atoms with E-state index < -0.39 is 6.55 Å². The zero-order valence-electron chi connectivity index (χ0n) is 12.3. The molecule has 2 heterocycles. The van der Waals surface area contributed by atoms with Gasteiger partial charge in [-0.1, -0.05) is 6.92 Å². The first-order valence-electron chi connectivity index (χ1n) is 6.87. The molecule has 0 saturated carbocycles. The van der Waals surface area contributed by atoms with Crippen molar-refractivity contribution in [3.63, 3.8) is 0 Å². The summed E-state index contributed by atoms with van der Waals surface area (Å²) in [5.41, 5.74) is 0. The number of alkyl halides is 2. The molecule has 1 fully saturated rings. The number of rotatable bonds is 3. The summed E-state index contributed by atoms with van der Waals surface area (Å²) in [6.07, 6.45) is 4.93. The van der Waals surface area contributed by atoms with Gasteiger partial charge in [0.25, 0.3) is 0 Å². The summed E-state index contributed by atoms with van der Waals surface area (Å²) in [7, 11) is 1.71. The van der Waals surface area contributed by atoms with Gasteiger partial charge in [-0.2, -0.15) is 8.78 Å². The minimum Gasteiger partial charge on any atom is -0.349 e. The molecule has 5 nitrogen and oxygen atoms in total. The Morgan fingerprint density at radius 2 is 2.14 bits per heavy atom. The summed E-state index contributed by atoms with van der Waals surface area (Å²) in [6.45, 7) is 1.82. The third-order valence-corrected chi connectivity index (χ3v) is 3.66. The highest BCUT2D eigenvalue weighted by Crippen LogP contribution is 2.16. The van der Waals surface area contributed by atoms with Crippen LogP contribution in [-0.4, -0.2) is 40.5 Å². The monoisotopic (exact) mass is 413 g/mol. The van der Waals surface area contributed by atoms with Crippen LogP contribution in [0.25, 0.3) is 0 Å². The first kappa shape index (κ1) is 18.1. The number of likely N-dealkylation sites (tertiary alicyclic amines) is 1. The van der Waals surface area contributed by atoms with E-state index in [2.05, 4.69) is 27.1 Å². The van der Waals surface area contributed by atoms with Crippen molar-refractivity contribution in [3.05, 3.63) is 18.2 Å². The molecule has 120 valence electrons. The molecule has 0 radical (unpaired) electrons. The quantitative estimate of drug-likeness (QED) is 0.471. The molecule has 0 bridgehead atoms. The summed E-state index contributed by atoms with van der Waals surface area (Å²) >= 11 is 0. The minimum atomic E-state index is -2.56. The molecule has 0 atom stereocenters. The molecule has 0 unspecified atom stereocenters. The zero-order chi connectivity index (χ0) is 14.5. The van der Waals surface area contributed by atoms with E-state index in [0.717, 1.165) is 42.4 Å². The van der Waals surface area contributed by atoms with Gasteiger partial charge < -0.3 is 10.2 Å². The van der Waals surface area contributed by atoms with Crippen molar-refractivity contribution in [2.45, 2.75) is 32.9 Å². The SMILES string of the molecule is CN=C(NCc1nccn1C(F)F)N1CCC(C)CC1.I. The smallest absolute Gasteiger partial charge is 0.319 e. The summed E-state index contributed by atoms with van der Waals surface area (Å²) in [4.78, 5) is 10.3. The molecule has 1 aliphatic heterocycles. The lowest BCUT2D eigenvalue weighted by Crippen LogP contribution is -2.45. The summed E-state index contributed by atoms with van der Waals surface area (Å²) in [5.74, 6) is 1.80. The van der Waals surface area contributed by atoms with Crippen LogP contribution >= 0.6 is 24.0 Å². The molecule has 2 rings (SSSR count). The Balaban J connectivity index is 0.00000220. The van der Waals surface area contributed by atoms with Gasteiger partial charge in [-0.05, 0) is 18.8 Å². The third kappa shape index (κ3) is 4.79. The average Bonchev–Trinajstić information content (AvgIpc) is 2.90. The number of aliphatic imine (C=N–C) groups is 1. The standard InChI is InChI=1S/C13H21F2N5.HI/c1-10-3-6-19(7-4-10)13(16-2)18-9-11-17-5-8-20(11)12(14)15;/h5,8,10,12H,3-4,6-7,9H2,1-2H3,(H,16,18);1H. The second kappa shape index (κ2) is 8.50. The molecule has 21 heavy (non-hydrogen) atoms. The van der Waals surface area contributed by atoms with Crippen LogP contribution in [0.15, 0.2) is 17.4 Å². The Morgan fingerprint density at radius 3 is 2.71 bits per heavy atom. The summed E-state index contributed by atoms with van der Waals surface area (Å²) in [6, 6.07) is 0. The highest BCUT2D eigenvalue weighted by molar-refractivity contribution is 14.0. The van der Waals surface area contributed by atoms with Crippen molar-refractivity contribution in [1.82, 2.24) is 19.8 Å². The molecule has 1 aromatic heterocycles. The highest BCUT2D eigenvalue weighted by atomic mass is 127. The Bertz CT molecular complexity index is 455. The van der Waals surface area contributed by atoms with E-state index in [1.165, 1.54) is 12.4 Å². The number of imidazole rings is 1. The number of guanidine groups is 1. The molecule has 1 saturated heterocycles. The maximum atomic E-state index is 12.7. The van der Waals surface area contributed by atoms with Gasteiger partial charge in [-0.25, -0.2) is 4.98 Å². The molecular formula is C13H22F2IN5. The number of halogens is 3. The number of hydrogen-bond acceptors (Lipinski definition) is 2. The van der Waals surface area contributed by atoms with E-state index >= 15 is 0 Å². The molecule has 1 aliphatic rings. The van der Waals surface area contributed by atoms with E-state index in [1.807, 2.05) is 0 Å². The Kier molecular flexibility index (Phi) is 7.33. The highest BCUT2D eigenvalue weighted by Gasteiger charge is 2.19. The van der Waals surface area contributed by atoms with Gasteiger partial charge in [0.1, 0.15) is 5.82 Å². The normalized spacial score (nSPS) is 17.0. The Hall–Kier alpha value is -0.930. The minimum absolute atomic E-state index is 0. The Labute approximate surface area is 140 Å². The number of hydrogen-bond donors (Lipinski definition) is 1. The molecule has 0 amide bonds. The lowest BCUT2D eigenvalue weighted by atomic mass is 10.00. The fourth-order valence-electron chi connectivity index (χ4n) is 2.37. The lowest BCUT2D eigenvalue weighted by molar-refractivity contribution is 0.0668. The maximum absolute atomic E-state index is 12.7. The van der Waals surface area contributed by atoms with Crippen molar-refractivity contribution < 1.29 is 8.78 Å². The molecule has 0 aliphatic carbocycles. The van der Waals surface area contributed by atoms with E-state index in [1.54, 1.807) is 7.05 Å². The molecular weight excluding hydrogens is 391 g/mol. The van der Waals surface area contributed by atoms with Crippen LogP contribution < -0.4 is 5.32 Å². The van der Waals surface area contributed by atoms with Crippen molar-refractivity contribution in [2.75, 3.05) is 20.1 Å². The van der Waals surface area contributed by atoms with Crippen LogP contribution in [0.1, 0.15) is 32.1 Å². The number of aromatic nitrogens is 2. The van der Waals surface area contributed by atoms with Gasteiger partial charge >= 0.3 is 6.55 Å². The number of piperidine rings is 1. The topological polar surface area (TPSA) is 45.5 Å². The zero-order valence-corrected chi connectivity index (χ0v) is 14.6. The predicted molar refractivity (Wildman–Crippen MR) is 89.1 cm³/mol. The van der Waals surface area contributed by atoms with Crippen molar-refractivity contribution >= 4 is 29.9 Å². The van der Waals surface area contributed by atoms with Crippen LogP contribution in [0.2, 0.25) is 0 Å². The fourth-order valence-corrected chi connectivity index (χ4v) is 2.37. The van der Waals surface area contributed by atoms with E-state index in [-0.39, 0.29) is 30.5 Å². The lowest BCUT2D eigenvalue weighted by Gasteiger charge is -2.32. The van der Waals surface area contributed by atoms with Crippen LogP contribution in [0, 0.1) is 5.92 Å². The molecule has 1 N–H and O–H groups in total. The predicted octanol–water partition coefficient (Wildman–Crippen LogP) is 2.70. The van der Waals surface area contributed by atoms with Gasteiger partial charge in [-0.3, -0.25) is 9.56 Å². The van der Waals surface area contributed by atoms with Gasteiger partial charge in [0.2, 0.25) is 0 Å². The van der Waals surface area contributed by atoms with Crippen LogP contribution in [0.5, 0.6) is 0 Å². The van der Waals surface area contributed by atoms with E-state index in [4.69, 9.17) is 0 Å². The van der Waals surface area contributed by atoms with Crippen LogP contribution in [0.3, 0.4) is 0 Å². The summed E-state index contributed by atoms with van der Waals surface area (Å²) < 4.78 is 26.3. The van der Waals surface area contributed by atoms with Crippen LogP contribution in [-0.2, 0) is 6.54 Å². The second-order valence-electron chi connectivity index (χ2n) is 5.10. The molecule has 8 heteroatoms. The molecule has 1 aromatic rings. The first-order chi connectivity index (χ1) is 9.61. The van der Waals surface area contributed by atoms with Gasteiger partial charge in [0, 0.05) is 32.5 Å². The molecule has 0 aromatic carbocycles. The number of nitrogens with one attached hydrogen (secondary N) is 1. The van der Waals surface area contributed by atoms with E-state index in [0.29, 0.717) is 5.82 Å². The third-order valence-electron chi connectivity index (χ3n) is 3.66. The average molecular weight is 413 g/mol. The Morgan fingerprint density at radius 1 is 1.48 bits per heavy atom. The largest absolute Gasteiger partial charge is 0.349 e. The summed E-state index contributed by atoms with van der Waals surface area (Å²) in [5, 5.41) is 3.11. The number of nitrogens with zero attached hydrogens (tertiary/aromatic N) is 4. The van der Waals surface area contributed by atoms with E-state index in [9.17, 15) is 8.78 Å². The fraction of sp³-hybridized carbons (Fsp3) is 0.692. The maximum Gasteiger partial charge on any atom is 0.319 e. The van der Waals surface area contributed by atoms with Gasteiger partial charge in [-0.15, -0.1) is 24.0 Å². The van der Waals surface area contributed by atoms with Gasteiger partial charge in [0.05, 0.1) is 6.54 Å². The first-order valence-corrected chi connectivity index (χ1v) is 6.87. The van der Waals surface area contributed by atoms with Gasteiger partial charge in [0.15, 0.2) is 5.96 Å². The van der Waals surface area contributed by atoms with Crippen LogP contribution in [0.4, 0.5) is 8.78 Å². The van der Waals surface area contributed by atoms with Crippen molar-refractivity contribution in [1.29, 1.82) is 0 Å². The van der Waals surface area contributed by atoms with Crippen molar-refractivity contribution in [3.8, 4) is 0 Å². The van der Waals surface area contributed by atoms with Crippen molar-refractivity contribution in [2.24, 2.45) is 10.9 Å². The molecule has 0 spiro atoms. The second-order valence-corrected chi connectivity index (χ2v) is 5.10.